The van der Waals surface area contributed by atoms with Crippen LogP contribution in [0.4, 0.5) is 0 Å². The molecule has 10 aliphatic rings. The number of ether oxygens (including phenoxy) is 2. The average Bonchev–Trinajstić information content (AvgIpc) is 3.47. The topological polar surface area (TPSA) is 96.3 Å². The number of hydrogen-bond acceptors (Lipinski definition) is 6. The van der Waals surface area contributed by atoms with Crippen LogP contribution in [0.25, 0.3) is 0 Å². The van der Waals surface area contributed by atoms with Crippen molar-refractivity contribution in [1.82, 2.24) is 4.90 Å². The van der Waals surface area contributed by atoms with E-state index in [1.54, 1.807) is 14.2 Å². The second-order valence-electron chi connectivity index (χ2n) is 21.3. The van der Waals surface area contributed by atoms with Crippen LogP contribution in [-0.4, -0.2) is 65.8 Å². The highest BCUT2D eigenvalue weighted by atomic mass is 16.5. The average molecular weight is 768 g/mol. The summed E-state index contributed by atoms with van der Waals surface area (Å²) in [6.07, 6.45) is 21.9. The summed E-state index contributed by atoms with van der Waals surface area (Å²) in [5.74, 6) is 3.92. The number of aliphatic hydroxyl groups is 2. The van der Waals surface area contributed by atoms with E-state index in [1.807, 2.05) is 18.2 Å². The molecule has 7 fully saturated rings. The fraction of sp³-hybridized carbons (Fsp3) is 0.755. The van der Waals surface area contributed by atoms with Crippen LogP contribution in [0.3, 0.4) is 0 Å². The van der Waals surface area contributed by atoms with Crippen molar-refractivity contribution in [3.8, 4) is 11.5 Å². The van der Waals surface area contributed by atoms with E-state index in [2.05, 4.69) is 50.8 Å². The van der Waals surface area contributed by atoms with Crippen molar-refractivity contribution >= 4 is 11.7 Å². The maximum absolute atomic E-state index is 15.0. The number of fused-ring (bicyclic) bond motifs is 3. The van der Waals surface area contributed by atoms with Gasteiger partial charge < -0.3 is 24.6 Å². The first-order valence-electron chi connectivity index (χ1n) is 22.5. The van der Waals surface area contributed by atoms with Crippen LogP contribution in [-0.2, 0) is 16.0 Å². The minimum atomic E-state index is -1.08. The van der Waals surface area contributed by atoms with Gasteiger partial charge in [-0.1, -0.05) is 71.3 Å². The van der Waals surface area contributed by atoms with E-state index in [9.17, 15) is 15.0 Å². The van der Waals surface area contributed by atoms with Gasteiger partial charge >= 0.3 is 0 Å². The van der Waals surface area contributed by atoms with E-state index in [-0.39, 0.29) is 41.1 Å². The third-order valence-electron chi connectivity index (χ3n) is 19.0. The number of methoxy groups -OCH3 is 2. The van der Waals surface area contributed by atoms with Crippen molar-refractivity contribution in [1.29, 1.82) is 0 Å². The Kier molecular flexibility index (Phi) is 9.33. The van der Waals surface area contributed by atoms with Gasteiger partial charge in [0.25, 0.3) is 0 Å². The maximum atomic E-state index is 15.0. The summed E-state index contributed by atoms with van der Waals surface area (Å²) < 4.78 is 11.1. The molecule has 2 spiro atoms. The quantitative estimate of drug-likeness (QED) is 0.231. The molecule has 7 heteroatoms. The van der Waals surface area contributed by atoms with Gasteiger partial charge in [-0.3, -0.25) is 9.59 Å². The maximum Gasteiger partial charge on any atom is 0.227 e. The molecule has 10 aliphatic carbocycles. The van der Waals surface area contributed by atoms with Gasteiger partial charge in [-0.25, -0.2) is 0 Å². The van der Waals surface area contributed by atoms with Gasteiger partial charge in [0.05, 0.1) is 32.3 Å². The van der Waals surface area contributed by atoms with Crippen molar-refractivity contribution in [2.45, 2.75) is 142 Å². The number of benzene rings is 1. The zero-order valence-electron chi connectivity index (χ0n) is 35.2. The Hall–Kier alpha value is -2.64. The fourth-order valence-electron chi connectivity index (χ4n) is 15.5. The highest BCUT2D eigenvalue weighted by Gasteiger charge is 2.74. The standard InChI is InChI=1S/C49H69NO6/c1-44(2)34-14-13-33(36(44)26-34)29-50(42(52)25-31-12-15-38(55-5)39(24-31)56-6)30-48(54)21-18-41-46(48,4)20-17-40-45(3)19-16-35(51)27-47(45)22-23-49(40,41)37(28-47)43(53)32-10-8-7-9-11-32/h12,15,22-24,28,32-36,40-41,51,54H,7-11,13-14,16-21,25-27,29-30H2,1-6H3/t33-,34-,35?,36-,40+,41+,45+,46-,47-,48+,49+/m0/s1. The Bertz CT molecular complexity index is 1810. The van der Waals surface area contributed by atoms with Crippen molar-refractivity contribution in [2.75, 3.05) is 27.3 Å². The zero-order chi connectivity index (χ0) is 39.5. The number of hydrogen-bond donors (Lipinski definition) is 2. The summed E-state index contributed by atoms with van der Waals surface area (Å²) in [7, 11) is 3.25. The number of rotatable bonds is 10. The molecule has 1 unspecified atom stereocenters. The first kappa shape index (κ1) is 38.9. The number of carbonyl (C=O) groups is 2. The summed E-state index contributed by atoms with van der Waals surface area (Å²) in [5.41, 5.74) is -0.149. The SMILES string of the molecule is COc1ccc(CC(=O)N(C[C@@H]2CC[C@H]3C[C@@H]2C3(C)C)C[C@]2(O)CC[C@H]3[C@]45C=C[C@@]6(C=C4C(=O)C4CCCCC4)CC(O)CC[C@]6(C)[C@H]5CC[C@@]32C)cc1OC. The molecule has 11 rings (SSSR count). The highest BCUT2D eigenvalue weighted by molar-refractivity contribution is 6.00. The normalized spacial score (nSPS) is 43.1. The molecule has 0 aliphatic heterocycles. The summed E-state index contributed by atoms with van der Waals surface area (Å²) in [6.45, 7) is 10.6. The summed E-state index contributed by atoms with van der Waals surface area (Å²) >= 11 is 0. The summed E-state index contributed by atoms with van der Waals surface area (Å²) in [6, 6.07) is 5.75. The molecule has 56 heavy (non-hydrogen) atoms. The molecule has 306 valence electrons. The second kappa shape index (κ2) is 13.4. The lowest BCUT2D eigenvalue weighted by Crippen LogP contribution is -2.67. The molecule has 4 bridgehead atoms. The lowest BCUT2D eigenvalue weighted by molar-refractivity contribution is -0.183. The third kappa shape index (κ3) is 5.40. The van der Waals surface area contributed by atoms with Crippen molar-refractivity contribution in [2.24, 2.45) is 62.6 Å². The van der Waals surface area contributed by atoms with Crippen LogP contribution in [0.5, 0.6) is 11.5 Å². The minimum absolute atomic E-state index is 0.0464. The van der Waals surface area contributed by atoms with E-state index < -0.39 is 16.4 Å². The van der Waals surface area contributed by atoms with Gasteiger partial charge in [0, 0.05) is 40.8 Å². The van der Waals surface area contributed by atoms with Crippen molar-refractivity contribution in [3.63, 3.8) is 0 Å². The Morgan fingerprint density at radius 3 is 2.27 bits per heavy atom. The number of carbonyl (C=O) groups excluding carboxylic acids is 2. The fourth-order valence-corrected chi connectivity index (χ4v) is 15.5. The Morgan fingerprint density at radius 2 is 1.55 bits per heavy atom. The van der Waals surface area contributed by atoms with E-state index in [1.165, 1.54) is 19.3 Å². The molecule has 0 heterocycles. The molecule has 1 aromatic carbocycles. The molecule has 1 aromatic rings. The molecule has 1 amide bonds. The number of Topliss-reactive ketones (excluding diaryl/α,β-unsaturated/α-hetero) is 1. The van der Waals surface area contributed by atoms with Crippen LogP contribution in [0, 0.1) is 62.6 Å². The van der Waals surface area contributed by atoms with Gasteiger partial charge in [0.1, 0.15) is 0 Å². The summed E-state index contributed by atoms with van der Waals surface area (Å²) in [4.78, 5) is 31.9. The number of aliphatic hydroxyl groups excluding tert-OH is 1. The lowest BCUT2D eigenvalue weighted by Gasteiger charge is -2.71. The van der Waals surface area contributed by atoms with Gasteiger partial charge in [-0.15, -0.1) is 0 Å². The van der Waals surface area contributed by atoms with Crippen LogP contribution < -0.4 is 9.47 Å². The Morgan fingerprint density at radius 1 is 0.839 bits per heavy atom. The molecule has 7 saturated carbocycles. The second-order valence-corrected chi connectivity index (χ2v) is 21.3. The van der Waals surface area contributed by atoms with E-state index in [0.29, 0.717) is 66.4 Å². The number of amides is 1. The number of allylic oxidation sites excluding steroid dienone is 4. The first-order valence-corrected chi connectivity index (χ1v) is 22.5. The molecule has 0 saturated heterocycles. The Labute approximate surface area is 336 Å². The summed E-state index contributed by atoms with van der Waals surface area (Å²) in [5, 5.41) is 24.5. The largest absolute Gasteiger partial charge is 0.493 e. The van der Waals surface area contributed by atoms with Crippen LogP contribution in [0.2, 0.25) is 0 Å². The van der Waals surface area contributed by atoms with E-state index >= 15 is 4.79 Å². The molecule has 0 radical (unpaired) electrons. The number of ketones is 1. The minimum Gasteiger partial charge on any atom is -0.493 e. The van der Waals surface area contributed by atoms with Crippen LogP contribution in [0.1, 0.15) is 130 Å². The molecular weight excluding hydrogens is 699 g/mol. The molecule has 2 N–H and O–H groups in total. The van der Waals surface area contributed by atoms with Crippen LogP contribution >= 0.6 is 0 Å². The lowest BCUT2D eigenvalue weighted by atomic mass is 9.32. The van der Waals surface area contributed by atoms with Gasteiger partial charge in [0.2, 0.25) is 5.91 Å². The van der Waals surface area contributed by atoms with Crippen LogP contribution in [0.15, 0.2) is 42.0 Å². The predicted octanol–water partition coefficient (Wildman–Crippen LogP) is 8.89. The van der Waals surface area contributed by atoms with Gasteiger partial charge in [-0.2, -0.15) is 0 Å². The molecule has 11 atom stereocenters. The molecule has 7 nitrogen and oxygen atoms in total. The highest BCUT2D eigenvalue weighted by Crippen LogP contribution is 2.78. The van der Waals surface area contributed by atoms with Gasteiger partial charge in [-0.05, 0) is 135 Å². The van der Waals surface area contributed by atoms with Crippen molar-refractivity contribution in [3.05, 3.63) is 47.6 Å². The van der Waals surface area contributed by atoms with E-state index in [4.69, 9.17) is 9.47 Å². The molecular formula is C49H69NO6. The smallest absolute Gasteiger partial charge is 0.227 e. The monoisotopic (exact) mass is 768 g/mol. The Balaban J connectivity index is 1.07. The van der Waals surface area contributed by atoms with Crippen molar-refractivity contribution < 1.29 is 29.3 Å². The molecule has 0 aromatic heterocycles. The van der Waals surface area contributed by atoms with Gasteiger partial charge in [0.15, 0.2) is 17.3 Å². The number of nitrogens with zero attached hydrogens (tertiary/aromatic N) is 1. The van der Waals surface area contributed by atoms with E-state index in [0.717, 1.165) is 81.3 Å². The zero-order valence-corrected chi connectivity index (χ0v) is 35.2. The third-order valence-corrected chi connectivity index (χ3v) is 19.0. The first-order chi connectivity index (χ1) is 26.6. The predicted molar refractivity (Wildman–Crippen MR) is 218 cm³/mol.